The second kappa shape index (κ2) is 9.36. The van der Waals surface area contributed by atoms with Gasteiger partial charge in [0.2, 0.25) is 11.8 Å². The van der Waals surface area contributed by atoms with Crippen molar-refractivity contribution in [3.05, 3.63) is 59.2 Å². The first-order valence-electron chi connectivity index (χ1n) is 8.31. The lowest BCUT2D eigenvalue weighted by Gasteiger charge is -2.08. The summed E-state index contributed by atoms with van der Waals surface area (Å²) in [6, 6.07) is 13.1. The van der Waals surface area contributed by atoms with Crippen LogP contribution in [0.1, 0.15) is 29.5 Å². The number of nitrogens with zero attached hydrogens (tertiary/aromatic N) is 1. The van der Waals surface area contributed by atoms with Gasteiger partial charge in [0.1, 0.15) is 5.75 Å². The lowest BCUT2D eigenvalue weighted by Crippen LogP contribution is -2.21. The van der Waals surface area contributed by atoms with Crippen LogP contribution in [0, 0.1) is 13.8 Å². The van der Waals surface area contributed by atoms with Gasteiger partial charge in [0.25, 0.3) is 0 Å². The van der Waals surface area contributed by atoms with Crippen molar-refractivity contribution in [1.82, 2.24) is 5.43 Å². The van der Waals surface area contributed by atoms with Gasteiger partial charge in [-0.2, -0.15) is 5.10 Å². The Morgan fingerprint density at radius 1 is 1.08 bits per heavy atom. The number of benzene rings is 2. The highest BCUT2D eigenvalue weighted by Gasteiger charge is 2.08. The molecule has 0 saturated carbocycles. The Labute approximate surface area is 153 Å². The normalized spacial score (nSPS) is 10.6. The van der Waals surface area contributed by atoms with E-state index in [4.69, 9.17) is 4.74 Å². The molecular weight excluding hydrogens is 330 g/mol. The van der Waals surface area contributed by atoms with Gasteiger partial charge in [0, 0.05) is 24.1 Å². The molecule has 26 heavy (non-hydrogen) atoms. The van der Waals surface area contributed by atoms with Crippen molar-refractivity contribution in [3.8, 4) is 5.75 Å². The summed E-state index contributed by atoms with van der Waals surface area (Å²) in [7, 11) is 1.57. The molecule has 0 atom stereocenters. The van der Waals surface area contributed by atoms with Crippen molar-refractivity contribution in [3.63, 3.8) is 0 Å². The van der Waals surface area contributed by atoms with Crippen molar-refractivity contribution in [1.29, 1.82) is 0 Å². The Hall–Kier alpha value is -3.15. The van der Waals surface area contributed by atoms with Crippen molar-refractivity contribution in [2.75, 3.05) is 12.4 Å². The summed E-state index contributed by atoms with van der Waals surface area (Å²) in [6.45, 7) is 3.93. The number of amides is 2. The number of carbonyl (C=O) groups excluding carboxylic acids is 2. The van der Waals surface area contributed by atoms with E-state index in [9.17, 15) is 9.59 Å². The van der Waals surface area contributed by atoms with Gasteiger partial charge in [0.05, 0.1) is 13.3 Å². The third-order valence-electron chi connectivity index (χ3n) is 3.77. The first-order valence-corrected chi connectivity index (χ1v) is 8.31. The van der Waals surface area contributed by atoms with Gasteiger partial charge in [0.15, 0.2) is 0 Å². The summed E-state index contributed by atoms with van der Waals surface area (Å²) in [5, 5.41) is 6.72. The second-order valence-electron chi connectivity index (χ2n) is 5.90. The molecule has 2 amide bonds. The Morgan fingerprint density at radius 3 is 2.54 bits per heavy atom. The zero-order valence-corrected chi connectivity index (χ0v) is 15.2. The van der Waals surface area contributed by atoms with E-state index in [1.165, 1.54) is 6.21 Å². The number of anilines is 1. The molecule has 0 aliphatic heterocycles. The van der Waals surface area contributed by atoms with Crippen molar-refractivity contribution in [2.24, 2.45) is 5.10 Å². The van der Waals surface area contributed by atoms with Gasteiger partial charge in [-0.3, -0.25) is 9.59 Å². The van der Waals surface area contributed by atoms with Crippen LogP contribution in [0.15, 0.2) is 47.6 Å². The van der Waals surface area contributed by atoms with Crippen LogP contribution in [0.2, 0.25) is 0 Å². The Kier molecular flexibility index (Phi) is 6.91. The van der Waals surface area contributed by atoms with Crippen molar-refractivity contribution in [2.45, 2.75) is 26.7 Å². The number of hydrogen-bond donors (Lipinski definition) is 2. The van der Waals surface area contributed by atoms with Crippen LogP contribution >= 0.6 is 0 Å². The molecule has 2 rings (SSSR count). The molecule has 0 heterocycles. The van der Waals surface area contributed by atoms with E-state index in [-0.39, 0.29) is 24.7 Å². The van der Waals surface area contributed by atoms with Gasteiger partial charge in [-0.1, -0.05) is 29.8 Å². The lowest BCUT2D eigenvalue weighted by molar-refractivity contribution is -0.124. The number of hydrogen-bond acceptors (Lipinski definition) is 4. The molecule has 0 spiro atoms. The Morgan fingerprint density at radius 2 is 1.81 bits per heavy atom. The average molecular weight is 353 g/mol. The van der Waals surface area contributed by atoms with Crippen molar-refractivity contribution < 1.29 is 14.3 Å². The first kappa shape index (κ1) is 19.2. The van der Waals surface area contributed by atoms with Gasteiger partial charge >= 0.3 is 0 Å². The van der Waals surface area contributed by atoms with E-state index in [1.54, 1.807) is 13.2 Å². The molecule has 0 fully saturated rings. The average Bonchev–Trinajstić information content (AvgIpc) is 2.63. The number of para-hydroxylation sites is 1. The number of carbonyl (C=O) groups is 2. The maximum atomic E-state index is 12.0. The Balaban J connectivity index is 1.79. The van der Waals surface area contributed by atoms with Gasteiger partial charge in [-0.25, -0.2) is 5.43 Å². The maximum absolute atomic E-state index is 12.0. The summed E-state index contributed by atoms with van der Waals surface area (Å²) in [6.07, 6.45) is 1.65. The van der Waals surface area contributed by atoms with Crippen molar-refractivity contribution >= 4 is 23.7 Å². The summed E-state index contributed by atoms with van der Waals surface area (Å²) in [5.74, 6) is 0.131. The van der Waals surface area contributed by atoms with Crippen LogP contribution in [-0.4, -0.2) is 25.1 Å². The number of methoxy groups -OCH3 is 1. The fourth-order valence-electron chi connectivity index (χ4n) is 2.40. The number of nitrogens with one attached hydrogen (secondary N) is 2. The topological polar surface area (TPSA) is 79.8 Å². The highest BCUT2D eigenvalue weighted by atomic mass is 16.5. The summed E-state index contributed by atoms with van der Waals surface area (Å²) in [4.78, 5) is 23.8. The third-order valence-corrected chi connectivity index (χ3v) is 3.77. The Bertz CT molecular complexity index is 816. The molecule has 0 bridgehead atoms. The fraction of sp³-hybridized carbons (Fsp3) is 0.250. The minimum Gasteiger partial charge on any atom is -0.496 e. The summed E-state index contributed by atoms with van der Waals surface area (Å²) in [5.41, 5.74) is 6.05. The molecular formula is C20H23N3O3. The SMILES string of the molecule is COc1ccccc1C=NNC(=O)CCC(=O)Nc1ccc(C)cc1C. The smallest absolute Gasteiger partial charge is 0.240 e. The zero-order valence-electron chi connectivity index (χ0n) is 15.2. The summed E-state index contributed by atoms with van der Waals surface area (Å²) >= 11 is 0. The molecule has 0 radical (unpaired) electrons. The quantitative estimate of drug-likeness (QED) is 0.593. The number of ether oxygens (including phenoxy) is 1. The largest absolute Gasteiger partial charge is 0.496 e. The van der Waals surface area contributed by atoms with Crippen LogP contribution in [0.4, 0.5) is 5.69 Å². The van der Waals surface area contributed by atoms with E-state index in [0.717, 1.165) is 22.4 Å². The van der Waals surface area contributed by atoms with Crippen LogP contribution in [0.3, 0.4) is 0 Å². The molecule has 2 aromatic carbocycles. The molecule has 0 aliphatic rings. The predicted octanol–water partition coefficient (Wildman–Crippen LogP) is 3.18. The lowest BCUT2D eigenvalue weighted by atomic mass is 10.1. The van der Waals surface area contributed by atoms with E-state index >= 15 is 0 Å². The van der Waals surface area contributed by atoms with Gasteiger partial charge in [-0.15, -0.1) is 0 Å². The van der Waals surface area contributed by atoms with Crippen LogP contribution in [-0.2, 0) is 9.59 Å². The second-order valence-corrected chi connectivity index (χ2v) is 5.90. The number of rotatable bonds is 7. The monoisotopic (exact) mass is 353 g/mol. The molecule has 0 unspecified atom stereocenters. The van der Waals surface area contributed by atoms with E-state index < -0.39 is 0 Å². The highest BCUT2D eigenvalue weighted by molar-refractivity contribution is 5.94. The van der Waals surface area contributed by atoms with E-state index in [0.29, 0.717) is 5.75 Å². The standard InChI is InChI=1S/C20H23N3O3/c1-14-8-9-17(15(2)12-14)22-19(24)10-11-20(25)23-21-13-16-6-4-5-7-18(16)26-3/h4-9,12-13H,10-11H2,1-3H3,(H,22,24)(H,23,25). The van der Waals surface area contributed by atoms with E-state index in [2.05, 4.69) is 15.8 Å². The number of aryl methyl sites for hydroxylation is 2. The first-order chi connectivity index (χ1) is 12.5. The van der Waals surface area contributed by atoms with Crippen LogP contribution < -0.4 is 15.5 Å². The fourth-order valence-corrected chi connectivity index (χ4v) is 2.40. The predicted molar refractivity (Wildman–Crippen MR) is 103 cm³/mol. The molecule has 6 heteroatoms. The zero-order chi connectivity index (χ0) is 18.9. The molecule has 2 N–H and O–H groups in total. The van der Waals surface area contributed by atoms with Crippen LogP contribution in [0.25, 0.3) is 0 Å². The molecule has 0 aliphatic carbocycles. The number of hydrazone groups is 1. The minimum atomic E-state index is -0.327. The molecule has 2 aromatic rings. The van der Waals surface area contributed by atoms with Crippen LogP contribution in [0.5, 0.6) is 5.75 Å². The van der Waals surface area contributed by atoms with Gasteiger partial charge < -0.3 is 10.1 Å². The molecule has 6 nitrogen and oxygen atoms in total. The maximum Gasteiger partial charge on any atom is 0.240 e. The molecule has 136 valence electrons. The summed E-state index contributed by atoms with van der Waals surface area (Å²) < 4.78 is 5.20. The highest BCUT2D eigenvalue weighted by Crippen LogP contribution is 2.16. The minimum absolute atomic E-state index is 0.0556. The van der Waals surface area contributed by atoms with E-state index in [1.807, 2.05) is 50.2 Å². The molecule has 0 aromatic heterocycles. The van der Waals surface area contributed by atoms with Gasteiger partial charge in [-0.05, 0) is 37.6 Å². The third kappa shape index (κ3) is 5.73. The molecule has 0 saturated heterocycles.